The van der Waals surface area contributed by atoms with Crippen molar-refractivity contribution in [1.82, 2.24) is 5.32 Å². The molecule has 0 radical (unpaired) electrons. The number of benzene rings is 3. The van der Waals surface area contributed by atoms with Crippen LogP contribution in [0.15, 0.2) is 78.9 Å². The normalized spacial score (nSPS) is 10.7. The second kappa shape index (κ2) is 17.5. The Bertz CT molecular complexity index is 1170. The van der Waals surface area contributed by atoms with E-state index in [4.69, 9.17) is 11.6 Å². The van der Waals surface area contributed by atoms with Crippen LogP contribution in [0.25, 0.3) is 6.08 Å². The molecule has 3 N–H and O–H groups in total. The lowest BCUT2D eigenvalue weighted by atomic mass is 9.96. The summed E-state index contributed by atoms with van der Waals surface area (Å²) in [6.45, 7) is 9.64. The number of carbonyl (C=O) groups excluding carboxylic acids is 3. The van der Waals surface area contributed by atoms with E-state index < -0.39 is 0 Å². The number of carbonyl (C=O) groups is 3. The van der Waals surface area contributed by atoms with Gasteiger partial charge in [0, 0.05) is 37.5 Å². The summed E-state index contributed by atoms with van der Waals surface area (Å²) in [6, 6.07) is 22.9. The number of para-hydroxylation sites is 2. The second-order valence-electron chi connectivity index (χ2n) is 8.50. The summed E-state index contributed by atoms with van der Waals surface area (Å²) in [5, 5.41) is 9.25. The number of nitrogens with one attached hydrogen (secondary N) is 3. The van der Waals surface area contributed by atoms with Crippen molar-refractivity contribution in [2.24, 2.45) is 0 Å². The summed E-state index contributed by atoms with van der Waals surface area (Å²) >= 11 is 5.61. The minimum atomic E-state index is -0.195. The molecule has 6 nitrogen and oxygen atoms in total. The van der Waals surface area contributed by atoms with E-state index in [1.807, 2.05) is 101 Å². The molecule has 2 amide bonds. The van der Waals surface area contributed by atoms with Gasteiger partial charge in [-0.15, -0.1) is 0 Å². The van der Waals surface area contributed by atoms with Crippen molar-refractivity contribution in [3.05, 3.63) is 101 Å². The third-order valence-corrected chi connectivity index (χ3v) is 5.62. The molecule has 0 aliphatic carbocycles. The Balaban J connectivity index is 0.000000420. The van der Waals surface area contributed by atoms with Gasteiger partial charge >= 0.3 is 0 Å². The number of rotatable bonds is 7. The Hall–Kier alpha value is -3.90. The van der Waals surface area contributed by atoms with Crippen LogP contribution in [-0.2, 0) is 14.4 Å². The van der Waals surface area contributed by atoms with Crippen molar-refractivity contribution in [3.8, 4) is 0 Å². The molecule has 7 heteroatoms. The molecule has 3 aromatic rings. The SMILES string of the molecule is CCNC(C)=O.CNc1ccccc1NC(=O)/C=C/c1ccc(C(C)C(C)=O)cc1.Cc1ccc(Cl)cc1. The topological polar surface area (TPSA) is 87.3 Å². The Kier molecular flexibility index (Phi) is 14.8. The van der Waals surface area contributed by atoms with Gasteiger partial charge in [-0.25, -0.2) is 0 Å². The average Bonchev–Trinajstić information content (AvgIpc) is 2.90. The molecular weight excluding hydrogens is 498 g/mol. The Morgan fingerprint density at radius 3 is 1.92 bits per heavy atom. The number of hydrogen-bond donors (Lipinski definition) is 3. The zero-order chi connectivity index (χ0) is 28.5. The quantitative estimate of drug-likeness (QED) is 0.288. The fraction of sp³-hybridized carbons (Fsp3) is 0.258. The zero-order valence-electron chi connectivity index (χ0n) is 23.0. The molecule has 0 bridgehead atoms. The molecule has 0 heterocycles. The van der Waals surface area contributed by atoms with Crippen LogP contribution in [-0.4, -0.2) is 31.2 Å². The average molecular weight is 536 g/mol. The van der Waals surface area contributed by atoms with E-state index in [-0.39, 0.29) is 23.5 Å². The van der Waals surface area contributed by atoms with Crippen molar-refractivity contribution >= 4 is 46.6 Å². The van der Waals surface area contributed by atoms with Gasteiger partial charge in [0.15, 0.2) is 0 Å². The highest BCUT2D eigenvalue weighted by molar-refractivity contribution is 6.30. The van der Waals surface area contributed by atoms with Gasteiger partial charge in [-0.3, -0.25) is 14.4 Å². The summed E-state index contributed by atoms with van der Waals surface area (Å²) in [7, 11) is 1.81. The Morgan fingerprint density at radius 1 is 0.895 bits per heavy atom. The van der Waals surface area contributed by atoms with Crippen molar-refractivity contribution < 1.29 is 14.4 Å². The highest BCUT2D eigenvalue weighted by Gasteiger charge is 2.09. The molecule has 0 aliphatic heterocycles. The van der Waals surface area contributed by atoms with Crippen LogP contribution < -0.4 is 16.0 Å². The minimum Gasteiger partial charge on any atom is -0.386 e. The summed E-state index contributed by atoms with van der Waals surface area (Å²) in [4.78, 5) is 33.4. The molecule has 0 saturated heterocycles. The lowest BCUT2D eigenvalue weighted by Gasteiger charge is -2.09. The third-order valence-electron chi connectivity index (χ3n) is 5.36. The molecule has 1 unspecified atom stereocenters. The van der Waals surface area contributed by atoms with Crippen LogP contribution in [0.3, 0.4) is 0 Å². The smallest absolute Gasteiger partial charge is 0.248 e. The first kappa shape index (κ1) is 32.1. The number of Topliss-reactive ketones (excluding diaryl/α,β-unsaturated/α-hetero) is 1. The third kappa shape index (κ3) is 12.9. The highest BCUT2D eigenvalue weighted by Crippen LogP contribution is 2.20. The van der Waals surface area contributed by atoms with Gasteiger partial charge in [-0.1, -0.05) is 72.6 Å². The first-order chi connectivity index (χ1) is 18.1. The van der Waals surface area contributed by atoms with Crippen molar-refractivity contribution in [2.75, 3.05) is 24.2 Å². The van der Waals surface area contributed by atoms with E-state index in [0.717, 1.165) is 34.1 Å². The molecule has 1 atom stereocenters. The van der Waals surface area contributed by atoms with E-state index in [1.54, 1.807) is 13.0 Å². The summed E-state index contributed by atoms with van der Waals surface area (Å²) < 4.78 is 0. The fourth-order valence-electron chi connectivity index (χ4n) is 3.07. The van der Waals surface area contributed by atoms with Crippen LogP contribution in [0.1, 0.15) is 50.3 Å². The molecule has 3 rings (SSSR count). The molecule has 0 aliphatic rings. The van der Waals surface area contributed by atoms with Crippen molar-refractivity contribution in [3.63, 3.8) is 0 Å². The van der Waals surface area contributed by atoms with Gasteiger partial charge in [0.2, 0.25) is 11.8 Å². The monoisotopic (exact) mass is 535 g/mol. The number of anilines is 2. The second-order valence-corrected chi connectivity index (χ2v) is 8.94. The molecule has 0 saturated carbocycles. The Labute approximate surface area is 231 Å². The number of ketones is 1. The van der Waals surface area contributed by atoms with Gasteiger partial charge in [0.25, 0.3) is 0 Å². The van der Waals surface area contributed by atoms with Crippen LogP contribution >= 0.6 is 11.6 Å². The highest BCUT2D eigenvalue weighted by atomic mass is 35.5. The zero-order valence-corrected chi connectivity index (χ0v) is 23.7. The molecule has 3 aromatic carbocycles. The lowest BCUT2D eigenvalue weighted by Crippen LogP contribution is -2.18. The van der Waals surface area contributed by atoms with E-state index >= 15 is 0 Å². The maximum Gasteiger partial charge on any atom is 0.248 e. The molecule has 202 valence electrons. The van der Waals surface area contributed by atoms with Gasteiger partial charge in [-0.05, 0) is 62.2 Å². The predicted octanol–water partition coefficient (Wildman–Crippen LogP) is 6.86. The first-order valence-electron chi connectivity index (χ1n) is 12.4. The number of hydrogen-bond acceptors (Lipinski definition) is 4. The van der Waals surface area contributed by atoms with E-state index in [2.05, 4.69) is 16.0 Å². The first-order valence-corrected chi connectivity index (χ1v) is 12.8. The predicted molar refractivity (Wildman–Crippen MR) is 160 cm³/mol. The van der Waals surface area contributed by atoms with Gasteiger partial charge < -0.3 is 16.0 Å². The van der Waals surface area contributed by atoms with Gasteiger partial charge in [-0.2, -0.15) is 0 Å². The molecule has 0 fully saturated rings. The van der Waals surface area contributed by atoms with Crippen LogP contribution in [0.4, 0.5) is 11.4 Å². The number of halogens is 1. The summed E-state index contributed by atoms with van der Waals surface area (Å²) in [5.74, 6) is -0.123. The summed E-state index contributed by atoms with van der Waals surface area (Å²) in [5.41, 5.74) is 4.73. The van der Waals surface area contributed by atoms with E-state index in [0.29, 0.717) is 0 Å². The van der Waals surface area contributed by atoms with Crippen molar-refractivity contribution in [2.45, 2.75) is 40.5 Å². The maximum absolute atomic E-state index is 12.0. The molecule has 0 spiro atoms. The van der Waals surface area contributed by atoms with Gasteiger partial charge in [0.05, 0.1) is 11.4 Å². The number of amides is 2. The standard InChI is InChI=1S/C20H22N2O2.C7H7Cl.C4H9NO/c1-14(15(2)23)17-11-8-16(9-12-17)10-13-20(24)22-19-7-5-4-6-18(19)21-3;1-6-2-4-7(8)5-3-6;1-3-5-4(2)6/h4-14,21H,1-3H3,(H,22,24);2-5H,1H3;3H2,1-2H3,(H,5,6)/b13-10+;;. The van der Waals surface area contributed by atoms with Crippen molar-refractivity contribution in [1.29, 1.82) is 0 Å². The fourth-order valence-corrected chi connectivity index (χ4v) is 3.20. The molecule has 0 aromatic heterocycles. The van der Waals surface area contributed by atoms with E-state index in [9.17, 15) is 14.4 Å². The maximum atomic E-state index is 12.0. The Morgan fingerprint density at radius 2 is 1.47 bits per heavy atom. The largest absolute Gasteiger partial charge is 0.386 e. The molecule has 38 heavy (non-hydrogen) atoms. The summed E-state index contributed by atoms with van der Waals surface area (Å²) in [6.07, 6.45) is 3.25. The van der Waals surface area contributed by atoms with Crippen LogP contribution in [0, 0.1) is 6.92 Å². The van der Waals surface area contributed by atoms with E-state index in [1.165, 1.54) is 18.6 Å². The minimum absolute atomic E-state index is 0.0394. The molecular formula is C31H38ClN3O3. The van der Waals surface area contributed by atoms with Crippen LogP contribution in [0.2, 0.25) is 5.02 Å². The lowest BCUT2D eigenvalue weighted by molar-refractivity contribution is -0.119. The van der Waals surface area contributed by atoms with Gasteiger partial charge in [0.1, 0.15) is 5.78 Å². The number of aryl methyl sites for hydroxylation is 1. The van der Waals surface area contributed by atoms with Crippen LogP contribution in [0.5, 0.6) is 0 Å².